The normalized spacial score (nSPS) is 10.3. The maximum atomic E-state index is 12.0. The second-order valence-corrected chi connectivity index (χ2v) is 5.78. The Morgan fingerprint density at radius 1 is 1.17 bits per heavy atom. The van der Waals surface area contributed by atoms with Gasteiger partial charge in [0.2, 0.25) is 0 Å². The number of benzene rings is 2. The molecule has 0 unspecified atom stereocenters. The van der Waals surface area contributed by atoms with Crippen molar-refractivity contribution in [3.63, 3.8) is 0 Å². The molecule has 0 saturated heterocycles. The minimum absolute atomic E-state index is 0.00440. The molecule has 1 amide bonds. The standard InChI is InChI=1S/C15H14AsNO/c1-11-4-3-5-12(10-11)15(18)17-14-8-6-13(16-2)7-9-14/h3-10H,2H2,1H3,(H,17,18). The third-order valence-electron chi connectivity index (χ3n) is 2.59. The summed E-state index contributed by atoms with van der Waals surface area (Å²) in [5.41, 5.74) is 2.58. The molecule has 0 radical (unpaired) electrons. The van der Waals surface area contributed by atoms with Gasteiger partial charge in [-0.05, 0) is 0 Å². The van der Waals surface area contributed by atoms with Gasteiger partial charge in [0.15, 0.2) is 0 Å². The van der Waals surface area contributed by atoms with Gasteiger partial charge in [-0.2, -0.15) is 0 Å². The first-order valence-electron chi connectivity index (χ1n) is 5.64. The summed E-state index contributed by atoms with van der Waals surface area (Å²) < 4.78 is 1.25. The molecule has 0 fully saturated rings. The van der Waals surface area contributed by atoms with E-state index in [4.69, 9.17) is 0 Å². The molecule has 3 heteroatoms. The predicted molar refractivity (Wildman–Crippen MR) is 78.1 cm³/mol. The number of rotatable bonds is 3. The van der Waals surface area contributed by atoms with Crippen molar-refractivity contribution in [3.8, 4) is 0 Å². The van der Waals surface area contributed by atoms with Crippen molar-refractivity contribution in [2.75, 3.05) is 5.32 Å². The fourth-order valence-corrected chi connectivity index (χ4v) is 2.39. The van der Waals surface area contributed by atoms with Gasteiger partial charge >= 0.3 is 113 Å². The Morgan fingerprint density at radius 3 is 2.50 bits per heavy atom. The van der Waals surface area contributed by atoms with Gasteiger partial charge in [0.1, 0.15) is 0 Å². The molecule has 1 N–H and O–H groups in total. The fraction of sp³-hybridized carbons (Fsp3) is 0.0667. The monoisotopic (exact) mass is 299 g/mol. The molecule has 2 rings (SSSR count). The first kappa shape index (κ1) is 12.8. The Balaban J connectivity index is 2.13. The van der Waals surface area contributed by atoms with Gasteiger partial charge in [-0.1, -0.05) is 0 Å². The van der Waals surface area contributed by atoms with E-state index in [1.807, 2.05) is 55.5 Å². The molecule has 0 aliphatic heterocycles. The molecule has 2 aromatic carbocycles. The van der Waals surface area contributed by atoms with E-state index in [-0.39, 0.29) is 21.2 Å². The molecule has 0 atom stereocenters. The first-order chi connectivity index (χ1) is 8.69. The van der Waals surface area contributed by atoms with Crippen molar-refractivity contribution in [1.82, 2.24) is 0 Å². The van der Waals surface area contributed by atoms with E-state index in [1.165, 1.54) is 4.35 Å². The number of nitrogens with one attached hydrogen (secondary N) is 1. The van der Waals surface area contributed by atoms with Gasteiger partial charge in [-0.25, -0.2) is 0 Å². The second kappa shape index (κ2) is 5.79. The number of hydrogen-bond donors (Lipinski definition) is 1. The summed E-state index contributed by atoms with van der Waals surface area (Å²) in [6, 6.07) is 15.4. The van der Waals surface area contributed by atoms with Crippen molar-refractivity contribution in [1.29, 1.82) is 0 Å². The maximum absolute atomic E-state index is 12.0. The molecule has 2 nitrogen and oxygen atoms in total. The molecular formula is C15H14AsNO. The molecular weight excluding hydrogens is 285 g/mol. The van der Waals surface area contributed by atoms with Crippen LogP contribution in [-0.2, 0) is 0 Å². The van der Waals surface area contributed by atoms with E-state index in [1.54, 1.807) is 0 Å². The third-order valence-corrected chi connectivity index (χ3v) is 3.98. The molecule has 0 heterocycles. The Morgan fingerprint density at radius 2 is 1.89 bits per heavy atom. The zero-order valence-electron chi connectivity index (χ0n) is 10.2. The van der Waals surface area contributed by atoms with Gasteiger partial charge < -0.3 is 0 Å². The molecule has 0 spiro atoms. The van der Waals surface area contributed by atoms with E-state index in [9.17, 15) is 4.79 Å². The van der Waals surface area contributed by atoms with Gasteiger partial charge in [0, 0.05) is 0 Å². The molecule has 0 bridgehead atoms. The quantitative estimate of drug-likeness (QED) is 0.863. The Hall–Kier alpha value is -1.66. The summed E-state index contributed by atoms with van der Waals surface area (Å²) in [7, 11) is 0. The summed E-state index contributed by atoms with van der Waals surface area (Å²) in [5, 5.41) is 6.80. The van der Waals surface area contributed by atoms with Crippen LogP contribution in [0.15, 0.2) is 48.5 Å². The molecule has 0 saturated carbocycles. The predicted octanol–water partition coefficient (Wildman–Crippen LogP) is 2.01. The van der Waals surface area contributed by atoms with Gasteiger partial charge in [0.25, 0.3) is 0 Å². The first-order valence-corrected chi connectivity index (χ1v) is 7.90. The van der Waals surface area contributed by atoms with Crippen LogP contribution in [0.2, 0.25) is 0 Å². The average molecular weight is 299 g/mol. The van der Waals surface area contributed by atoms with Crippen molar-refractivity contribution < 1.29 is 4.79 Å². The number of carbonyl (C=O) groups is 1. The van der Waals surface area contributed by atoms with E-state index in [0.29, 0.717) is 5.56 Å². The second-order valence-electron chi connectivity index (χ2n) is 4.03. The SMILES string of the molecule is C=[As]c1ccc(NC(=O)c2cccc(C)c2)cc1. The summed E-state index contributed by atoms with van der Waals surface area (Å²) in [4.78, 5) is 12.0. The van der Waals surface area contributed by atoms with Gasteiger partial charge in [-0.15, -0.1) is 0 Å². The number of anilines is 1. The number of aryl methyl sites for hydroxylation is 1. The van der Waals surface area contributed by atoms with Crippen molar-refractivity contribution in [3.05, 3.63) is 59.7 Å². The van der Waals surface area contributed by atoms with E-state index in [0.717, 1.165) is 11.3 Å². The van der Waals surface area contributed by atoms with E-state index in [2.05, 4.69) is 10.6 Å². The molecule has 0 aliphatic carbocycles. The Bertz CT molecular complexity index is 575. The molecule has 0 aliphatic rings. The van der Waals surface area contributed by atoms with Crippen LogP contribution in [-0.4, -0.2) is 26.5 Å². The number of hydrogen-bond acceptors (Lipinski definition) is 1. The van der Waals surface area contributed by atoms with Crippen LogP contribution in [0.3, 0.4) is 0 Å². The van der Waals surface area contributed by atoms with Crippen molar-refractivity contribution >= 4 is 36.6 Å². The number of amides is 1. The summed E-state index contributed by atoms with van der Waals surface area (Å²) >= 11 is -0.00440. The third kappa shape index (κ3) is 3.18. The van der Waals surface area contributed by atoms with Crippen molar-refractivity contribution in [2.24, 2.45) is 0 Å². The fourth-order valence-electron chi connectivity index (χ4n) is 1.64. The Labute approximate surface area is 113 Å². The van der Waals surface area contributed by atoms with Crippen LogP contribution in [0.5, 0.6) is 0 Å². The zero-order valence-corrected chi connectivity index (χ0v) is 12.1. The van der Waals surface area contributed by atoms with Crippen LogP contribution in [0.25, 0.3) is 0 Å². The minimum atomic E-state index is -0.0747. The Kier molecular flexibility index (Phi) is 4.11. The summed E-state index contributed by atoms with van der Waals surface area (Å²) in [6.45, 7) is 1.98. The number of carbonyl (C=O) groups excluding carboxylic acids is 1. The topological polar surface area (TPSA) is 29.1 Å². The van der Waals surface area contributed by atoms with Crippen LogP contribution in [0.1, 0.15) is 15.9 Å². The molecule has 0 aromatic heterocycles. The summed E-state index contributed by atoms with van der Waals surface area (Å²) in [6.07, 6.45) is 0. The van der Waals surface area contributed by atoms with Gasteiger partial charge in [-0.3, -0.25) is 0 Å². The van der Waals surface area contributed by atoms with E-state index >= 15 is 0 Å². The summed E-state index contributed by atoms with van der Waals surface area (Å²) in [5.74, 6) is -0.0747. The van der Waals surface area contributed by atoms with Crippen molar-refractivity contribution in [2.45, 2.75) is 6.92 Å². The zero-order chi connectivity index (χ0) is 13.0. The average Bonchev–Trinajstić information content (AvgIpc) is 2.39. The van der Waals surface area contributed by atoms with Crippen LogP contribution in [0, 0.1) is 6.92 Å². The van der Waals surface area contributed by atoms with Crippen LogP contribution >= 0.6 is 0 Å². The molecule has 90 valence electrons. The molecule has 18 heavy (non-hydrogen) atoms. The van der Waals surface area contributed by atoms with Crippen LogP contribution < -0.4 is 9.67 Å². The van der Waals surface area contributed by atoms with E-state index < -0.39 is 0 Å². The molecule has 2 aromatic rings. The van der Waals surface area contributed by atoms with Gasteiger partial charge in [0.05, 0.1) is 0 Å². The van der Waals surface area contributed by atoms with Crippen LogP contribution in [0.4, 0.5) is 5.69 Å².